The van der Waals surface area contributed by atoms with E-state index in [-0.39, 0.29) is 0 Å². The van der Waals surface area contributed by atoms with Crippen molar-refractivity contribution in [1.82, 2.24) is 15.2 Å². The van der Waals surface area contributed by atoms with Crippen LogP contribution in [0.3, 0.4) is 0 Å². The Morgan fingerprint density at radius 3 is 2.94 bits per heavy atom. The summed E-state index contributed by atoms with van der Waals surface area (Å²) in [7, 11) is 2.21. The molecule has 1 saturated heterocycles. The minimum absolute atomic E-state index is 0.679. The first-order chi connectivity index (χ1) is 7.84. The first-order valence-corrected chi connectivity index (χ1v) is 6.15. The summed E-state index contributed by atoms with van der Waals surface area (Å²) < 4.78 is 0. The molecule has 0 aliphatic carbocycles. The summed E-state index contributed by atoms with van der Waals surface area (Å²) in [4.78, 5) is 6.46. The molecular weight excluding hydrogens is 198 g/mol. The number of nitrogens with one attached hydrogen (secondary N) is 1. The standard InChI is InChI=1S/C13H21N3/c1-16-9-2-3-13(6-10-16)15-11-12-4-7-14-8-5-12/h4-5,7-8,13,15H,2-3,6,9-11H2,1H3. The second-order valence-corrected chi connectivity index (χ2v) is 4.67. The normalized spacial score (nSPS) is 22.9. The van der Waals surface area contributed by atoms with Crippen LogP contribution in [-0.4, -0.2) is 36.1 Å². The molecule has 1 aliphatic rings. The minimum atomic E-state index is 0.679. The SMILES string of the molecule is CN1CCCC(NCc2ccncc2)CC1. The molecule has 2 heterocycles. The average Bonchev–Trinajstić information content (AvgIpc) is 2.53. The number of pyridine rings is 1. The van der Waals surface area contributed by atoms with E-state index < -0.39 is 0 Å². The first kappa shape index (κ1) is 11.6. The van der Waals surface area contributed by atoms with E-state index >= 15 is 0 Å². The van der Waals surface area contributed by atoms with Gasteiger partial charge in [0.05, 0.1) is 0 Å². The molecule has 0 radical (unpaired) electrons. The molecule has 3 nitrogen and oxygen atoms in total. The van der Waals surface area contributed by atoms with Crippen molar-refractivity contribution in [3.63, 3.8) is 0 Å². The molecule has 1 unspecified atom stereocenters. The predicted molar refractivity (Wildman–Crippen MR) is 66.2 cm³/mol. The smallest absolute Gasteiger partial charge is 0.0271 e. The highest BCUT2D eigenvalue weighted by atomic mass is 15.1. The van der Waals surface area contributed by atoms with Crippen LogP contribution in [0.15, 0.2) is 24.5 Å². The number of nitrogens with zero attached hydrogens (tertiary/aromatic N) is 2. The fraction of sp³-hybridized carbons (Fsp3) is 0.615. The zero-order valence-electron chi connectivity index (χ0n) is 10.0. The summed E-state index contributed by atoms with van der Waals surface area (Å²) >= 11 is 0. The Hall–Kier alpha value is -0.930. The number of likely N-dealkylation sites (tertiary alicyclic amines) is 1. The molecule has 3 heteroatoms. The van der Waals surface area contributed by atoms with Gasteiger partial charge in [0.2, 0.25) is 0 Å². The molecule has 1 N–H and O–H groups in total. The number of hydrogen-bond acceptors (Lipinski definition) is 3. The van der Waals surface area contributed by atoms with E-state index in [1.165, 1.54) is 37.9 Å². The third kappa shape index (κ3) is 3.58. The van der Waals surface area contributed by atoms with Gasteiger partial charge in [-0.2, -0.15) is 0 Å². The Bertz CT molecular complexity index is 299. The Balaban J connectivity index is 1.77. The summed E-state index contributed by atoms with van der Waals surface area (Å²) in [6, 6.07) is 4.84. The van der Waals surface area contributed by atoms with Crippen LogP contribution in [0.5, 0.6) is 0 Å². The lowest BCUT2D eigenvalue weighted by Gasteiger charge is -2.16. The average molecular weight is 219 g/mol. The predicted octanol–water partition coefficient (Wildman–Crippen LogP) is 1.66. The molecule has 88 valence electrons. The third-order valence-electron chi connectivity index (χ3n) is 3.30. The van der Waals surface area contributed by atoms with Gasteiger partial charge >= 0.3 is 0 Å². The number of rotatable bonds is 3. The van der Waals surface area contributed by atoms with Crippen LogP contribution in [0, 0.1) is 0 Å². The van der Waals surface area contributed by atoms with Gasteiger partial charge in [-0.1, -0.05) is 0 Å². The van der Waals surface area contributed by atoms with Crippen LogP contribution < -0.4 is 5.32 Å². The van der Waals surface area contributed by atoms with Crippen molar-refractivity contribution in [2.45, 2.75) is 31.8 Å². The zero-order chi connectivity index (χ0) is 11.2. The van der Waals surface area contributed by atoms with Gasteiger partial charge < -0.3 is 10.2 Å². The van der Waals surface area contributed by atoms with Crippen molar-refractivity contribution in [2.24, 2.45) is 0 Å². The maximum atomic E-state index is 4.03. The topological polar surface area (TPSA) is 28.2 Å². The van der Waals surface area contributed by atoms with Gasteiger partial charge in [-0.15, -0.1) is 0 Å². The Kier molecular flexibility index (Phi) is 4.31. The van der Waals surface area contributed by atoms with E-state index in [9.17, 15) is 0 Å². The fourth-order valence-corrected chi connectivity index (χ4v) is 2.21. The van der Waals surface area contributed by atoms with Crippen LogP contribution >= 0.6 is 0 Å². The second kappa shape index (κ2) is 5.97. The monoisotopic (exact) mass is 219 g/mol. The van der Waals surface area contributed by atoms with Crippen molar-refractivity contribution < 1.29 is 0 Å². The van der Waals surface area contributed by atoms with Crippen LogP contribution in [0.1, 0.15) is 24.8 Å². The third-order valence-corrected chi connectivity index (χ3v) is 3.30. The molecule has 0 aromatic carbocycles. The Morgan fingerprint density at radius 2 is 2.12 bits per heavy atom. The van der Waals surface area contributed by atoms with Crippen LogP contribution in [0.25, 0.3) is 0 Å². The molecule has 0 bridgehead atoms. The second-order valence-electron chi connectivity index (χ2n) is 4.67. The van der Waals surface area contributed by atoms with E-state index in [2.05, 4.69) is 34.4 Å². The van der Waals surface area contributed by atoms with Crippen molar-refractivity contribution in [3.05, 3.63) is 30.1 Å². The Morgan fingerprint density at radius 1 is 1.31 bits per heavy atom. The van der Waals surface area contributed by atoms with Gasteiger partial charge in [0.1, 0.15) is 0 Å². The lowest BCUT2D eigenvalue weighted by Crippen LogP contribution is -2.29. The van der Waals surface area contributed by atoms with Crippen molar-refractivity contribution in [1.29, 1.82) is 0 Å². The Labute approximate surface area is 97.9 Å². The maximum Gasteiger partial charge on any atom is 0.0271 e. The molecule has 0 saturated carbocycles. The van der Waals surface area contributed by atoms with Crippen molar-refractivity contribution >= 4 is 0 Å². The van der Waals surface area contributed by atoms with E-state index in [1.54, 1.807) is 0 Å². The highest BCUT2D eigenvalue weighted by molar-refractivity contribution is 5.09. The van der Waals surface area contributed by atoms with E-state index in [4.69, 9.17) is 0 Å². The zero-order valence-corrected chi connectivity index (χ0v) is 10.0. The highest BCUT2D eigenvalue weighted by Crippen LogP contribution is 2.10. The molecule has 2 rings (SSSR count). The van der Waals surface area contributed by atoms with E-state index in [1.807, 2.05) is 12.4 Å². The van der Waals surface area contributed by atoms with Crippen LogP contribution in [0.2, 0.25) is 0 Å². The summed E-state index contributed by atoms with van der Waals surface area (Å²) in [5.41, 5.74) is 1.33. The molecule has 1 aromatic heterocycles. The first-order valence-electron chi connectivity index (χ1n) is 6.15. The van der Waals surface area contributed by atoms with Gasteiger partial charge in [0.25, 0.3) is 0 Å². The quantitative estimate of drug-likeness (QED) is 0.838. The lowest BCUT2D eigenvalue weighted by molar-refractivity contribution is 0.343. The highest BCUT2D eigenvalue weighted by Gasteiger charge is 2.13. The van der Waals surface area contributed by atoms with Gasteiger partial charge in [-0.3, -0.25) is 4.98 Å². The van der Waals surface area contributed by atoms with Gasteiger partial charge in [-0.05, 0) is 57.1 Å². The molecule has 1 atom stereocenters. The van der Waals surface area contributed by atoms with E-state index in [0.29, 0.717) is 6.04 Å². The summed E-state index contributed by atoms with van der Waals surface area (Å²) in [6.45, 7) is 3.43. The van der Waals surface area contributed by atoms with Crippen LogP contribution in [0.4, 0.5) is 0 Å². The van der Waals surface area contributed by atoms with Gasteiger partial charge in [0, 0.05) is 25.0 Å². The minimum Gasteiger partial charge on any atom is -0.310 e. The van der Waals surface area contributed by atoms with Gasteiger partial charge in [0.15, 0.2) is 0 Å². The molecule has 0 amide bonds. The lowest BCUT2D eigenvalue weighted by atomic mass is 10.1. The van der Waals surface area contributed by atoms with Crippen molar-refractivity contribution in [2.75, 3.05) is 20.1 Å². The molecule has 1 aliphatic heterocycles. The van der Waals surface area contributed by atoms with Crippen molar-refractivity contribution in [3.8, 4) is 0 Å². The maximum absolute atomic E-state index is 4.03. The largest absolute Gasteiger partial charge is 0.310 e. The van der Waals surface area contributed by atoms with E-state index in [0.717, 1.165) is 6.54 Å². The fourth-order valence-electron chi connectivity index (χ4n) is 2.21. The molecule has 1 aromatic rings. The molecular formula is C13H21N3. The number of aromatic nitrogens is 1. The summed E-state index contributed by atoms with van der Waals surface area (Å²) in [6.07, 6.45) is 7.59. The van der Waals surface area contributed by atoms with Gasteiger partial charge in [-0.25, -0.2) is 0 Å². The van der Waals surface area contributed by atoms with Crippen LogP contribution in [-0.2, 0) is 6.54 Å². The summed E-state index contributed by atoms with van der Waals surface area (Å²) in [5, 5.41) is 3.64. The molecule has 0 spiro atoms. The molecule has 1 fully saturated rings. The number of hydrogen-bond donors (Lipinski definition) is 1. The summed E-state index contributed by atoms with van der Waals surface area (Å²) in [5.74, 6) is 0. The molecule has 16 heavy (non-hydrogen) atoms.